The molecule has 1 aliphatic heterocycles. The number of nitrogens with one attached hydrogen (secondary N) is 1. The minimum Gasteiger partial charge on any atom is -0.354 e. The Hall–Kier alpha value is -2.65. The first-order valence-corrected chi connectivity index (χ1v) is 11.4. The van der Waals surface area contributed by atoms with Gasteiger partial charge in [0.1, 0.15) is 10.7 Å². The fourth-order valence-corrected chi connectivity index (χ4v) is 4.61. The van der Waals surface area contributed by atoms with Gasteiger partial charge in [0.25, 0.3) is 0 Å². The van der Waals surface area contributed by atoms with Gasteiger partial charge in [-0.05, 0) is 67.2 Å². The predicted octanol–water partition coefficient (Wildman–Crippen LogP) is 4.95. The zero-order valence-electron chi connectivity index (χ0n) is 18.0. The number of piperazine rings is 1. The molecule has 1 saturated heterocycles. The molecule has 0 atom stereocenters. The van der Waals surface area contributed by atoms with Crippen molar-refractivity contribution in [2.45, 2.75) is 25.9 Å². The molecule has 3 aromatic rings. The number of fused-ring (bicyclic) bond motifs is 1. The van der Waals surface area contributed by atoms with Crippen LogP contribution in [0.5, 0.6) is 0 Å². The highest BCUT2D eigenvalue weighted by atomic mass is 32.1. The number of alkyl halides is 3. The van der Waals surface area contributed by atoms with E-state index in [9.17, 15) is 18.0 Å². The fourth-order valence-electron chi connectivity index (χ4n) is 3.79. The Bertz CT molecular complexity index is 1120. The van der Waals surface area contributed by atoms with Crippen molar-refractivity contribution in [3.63, 3.8) is 0 Å². The Morgan fingerprint density at radius 2 is 1.91 bits per heavy atom. The summed E-state index contributed by atoms with van der Waals surface area (Å²) in [5.41, 5.74) is 3.13. The zero-order valence-corrected chi connectivity index (χ0v) is 18.8. The maximum absolute atomic E-state index is 12.7. The molecule has 5 nitrogen and oxygen atoms in total. The highest BCUT2D eigenvalue weighted by Crippen LogP contribution is 2.34. The summed E-state index contributed by atoms with van der Waals surface area (Å²) in [6.45, 7) is 5.93. The average molecular weight is 463 g/mol. The van der Waals surface area contributed by atoms with Crippen LogP contribution in [-0.4, -0.2) is 49.0 Å². The van der Waals surface area contributed by atoms with E-state index in [-0.39, 0.29) is 18.7 Å². The molecule has 0 aliphatic carbocycles. The van der Waals surface area contributed by atoms with E-state index in [0.29, 0.717) is 22.6 Å². The van der Waals surface area contributed by atoms with Crippen molar-refractivity contribution in [1.82, 2.24) is 9.88 Å². The summed E-state index contributed by atoms with van der Waals surface area (Å²) in [7, 11) is 2.12. The molecule has 1 fully saturated rings. The SMILES string of the molecule is Cc1cc(N2CCN(C)CC2)nc2ccc(NC(=O)CCc3csc(C(F)(F)F)c3)cc12. The molecule has 3 heterocycles. The number of aryl methyl sites for hydroxylation is 2. The first kappa shape index (κ1) is 22.5. The third-order valence-corrected chi connectivity index (χ3v) is 6.71. The summed E-state index contributed by atoms with van der Waals surface area (Å²) >= 11 is 0.657. The number of carbonyl (C=O) groups is 1. The molecule has 0 spiro atoms. The van der Waals surface area contributed by atoms with Crippen LogP contribution in [0.25, 0.3) is 10.9 Å². The molecule has 4 rings (SSSR count). The number of anilines is 2. The van der Waals surface area contributed by atoms with Gasteiger partial charge in [-0.3, -0.25) is 4.79 Å². The molecule has 1 aromatic carbocycles. The molecule has 1 aliphatic rings. The van der Waals surface area contributed by atoms with Crippen molar-refractivity contribution in [2.75, 3.05) is 43.4 Å². The normalized spacial score (nSPS) is 15.3. The summed E-state index contributed by atoms with van der Waals surface area (Å²) in [5.74, 6) is 0.734. The number of carbonyl (C=O) groups excluding carboxylic acids is 1. The lowest BCUT2D eigenvalue weighted by Gasteiger charge is -2.33. The molecule has 0 bridgehead atoms. The summed E-state index contributed by atoms with van der Waals surface area (Å²) in [5, 5.41) is 5.27. The number of hydrogen-bond donors (Lipinski definition) is 1. The Kier molecular flexibility index (Phi) is 6.39. The third kappa shape index (κ3) is 5.21. The molecule has 170 valence electrons. The molecular weight excluding hydrogens is 437 g/mol. The van der Waals surface area contributed by atoms with Gasteiger partial charge in [0.2, 0.25) is 5.91 Å². The minimum absolute atomic E-state index is 0.117. The highest BCUT2D eigenvalue weighted by molar-refractivity contribution is 7.10. The number of nitrogens with zero attached hydrogens (tertiary/aromatic N) is 3. The molecule has 1 N–H and O–H groups in total. The van der Waals surface area contributed by atoms with Gasteiger partial charge < -0.3 is 15.1 Å². The average Bonchev–Trinajstić information content (AvgIpc) is 3.23. The number of halogens is 3. The molecule has 9 heteroatoms. The molecule has 0 unspecified atom stereocenters. The van der Waals surface area contributed by atoms with Crippen molar-refractivity contribution in [1.29, 1.82) is 0 Å². The number of aromatic nitrogens is 1. The van der Waals surface area contributed by atoms with E-state index >= 15 is 0 Å². The Balaban J connectivity index is 1.41. The van der Waals surface area contributed by atoms with Crippen molar-refractivity contribution < 1.29 is 18.0 Å². The number of hydrogen-bond acceptors (Lipinski definition) is 5. The lowest BCUT2D eigenvalue weighted by molar-refractivity contribution is -0.134. The Labute approximate surface area is 188 Å². The quantitative estimate of drug-likeness (QED) is 0.583. The number of amides is 1. The van der Waals surface area contributed by atoms with Crippen molar-refractivity contribution >= 4 is 39.7 Å². The van der Waals surface area contributed by atoms with Crippen LogP contribution >= 0.6 is 11.3 Å². The first-order valence-electron chi connectivity index (χ1n) is 10.5. The fraction of sp³-hybridized carbons (Fsp3) is 0.391. The lowest BCUT2D eigenvalue weighted by Crippen LogP contribution is -2.44. The summed E-state index contributed by atoms with van der Waals surface area (Å²) < 4.78 is 38.1. The van der Waals surface area contributed by atoms with Crippen molar-refractivity contribution in [3.8, 4) is 0 Å². The topological polar surface area (TPSA) is 48.5 Å². The monoisotopic (exact) mass is 462 g/mol. The Morgan fingerprint density at radius 3 is 2.59 bits per heavy atom. The van der Waals surface area contributed by atoms with E-state index in [1.807, 2.05) is 25.1 Å². The number of likely N-dealkylation sites (N-methyl/N-ethyl adjacent to an activating group) is 1. The van der Waals surface area contributed by atoms with Crippen LogP contribution in [0.2, 0.25) is 0 Å². The van der Waals surface area contributed by atoms with Gasteiger partial charge in [-0.1, -0.05) is 0 Å². The molecule has 1 amide bonds. The number of rotatable bonds is 5. The van der Waals surface area contributed by atoms with Gasteiger partial charge in [-0.2, -0.15) is 13.2 Å². The molecule has 2 aromatic heterocycles. The second-order valence-corrected chi connectivity index (χ2v) is 9.10. The molecule has 0 saturated carbocycles. The third-order valence-electron chi connectivity index (χ3n) is 5.69. The number of pyridine rings is 1. The highest BCUT2D eigenvalue weighted by Gasteiger charge is 2.32. The van der Waals surface area contributed by atoms with Crippen LogP contribution in [0.3, 0.4) is 0 Å². The largest absolute Gasteiger partial charge is 0.425 e. The van der Waals surface area contributed by atoms with Crippen LogP contribution in [0.4, 0.5) is 24.7 Å². The van der Waals surface area contributed by atoms with Gasteiger partial charge in [-0.15, -0.1) is 11.3 Å². The molecule has 0 radical (unpaired) electrons. The molecule has 32 heavy (non-hydrogen) atoms. The first-order chi connectivity index (χ1) is 15.2. The van der Waals surface area contributed by atoms with Crippen LogP contribution in [0.15, 0.2) is 35.7 Å². The van der Waals surface area contributed by atoms with Crippen LogP contribution in [0, 0.1) is 6.92 Å². The van der Waals surface area contributed by atoms with Gasteiger partial charge in [0.05, 0.1) is 5.52 Å². The van der Waals surface area contributed by atoms with E-state index in [4.69, 9.17) is 4.98 Å². The van der Waals surface area contributed by atoms with E-state index in [1.54, 1.807) is 0 Å². The summed E-state index contributed by atoms with van der Waals surface area (Å²) in [6, 6.07) is 8.80. The van der Waals surface area contributed by atoms with Crippen LogP contribution < -0.4 is 10.2 Å². The maximum atomic E-state index is 12.7. The van der Waals surface area contributed by atoms with E-state index in [0.717, 1.165) is 54.5 Å². The summed E-state index contributed by atoms with van der Waals surface area (Å²) in [6.07, 6.45) is -3.96. The van der Waals surface area contributed by atoms with Crippen molar-refractivity contribution in [2.24, 2.45) is 0 Å². The zero-order chi connectivity index (χ0) is 22.9. The maximum Gasteiger partial charge on any atom is 0.425 e. The van der Waals surface area contributed by atoms with Gasteiger partial charge in [0.15, 0.2) is 0 Å². The van der Waals surface area contributed by atoms with E-state index in [2.05, 4.69) is 28.2 Å². The smallest absolute Gasteiger partial charge is 0.354 e. The number of benzene rings is 1. The van der Waals surface area contributed by atoms with Gasteiger partial charge >= 0.3 is 6.18 Å². The standard InChI is InChI=1S/C23H25F3N4OS/c1-15-11-21(30-9-7-29(2)8-10-30)28-19-5-4-17(13-18(15)19)27-22(31)6-3-16-12-20(32-14-16)23(24,25)26/h4-5,11-14H,3,6-10H2,1-2H3,(H,27,31). The van der Waals surface area contributed by atoms with Gasteiger partial charge in [-0.25, -0.2) is 4.98 Å². The van der Waals surface area contributed by atoms with Crippen LogP contribution in [0.1, 0.15) is 22.4 Å². The lowest BCUT2D eigenvalue weighted by atomic mass is 10.1. The van der Waals surface area contributed by atoms with Gasteiger partial charge in [0, 0.05) is 43.7 Å². The second-order valence-electron chi connectivity index (χ2n) is 8.18. The second kappa shape index (κ2) is 9.07. The predicted molar refractivity (Wildman–Crippen MR) is 122 cm³/mol. The minimum atomic E-state index is -4.34. The van der Waals surface area contributed by atoms with Crippen molar-refractivity contribution in [3.05, 3.63) is 51.7 Å². The number of thiophene rings is 1. The van der Waals surface area contributed by atoms with E-state index < -0.39 is 11.1 Å². The van der Waals surface area contributed by atoms with E-state index in [1.165, 1.54) is 5.38 Å². The molecular formula is C23H25F3N4OS. The summed E-state index contributed by atoms with van der Waals surface area (Å²) in [4.78, 5) is 21.1. The Morgan fingerprint density at radius 1 is 1.16 bits per heavy atom. The van der Waals surface area contributed by atoms with Crippen LogP contribution in [-0.2, 0) is 17.4 Å².